The number of hydrogen-bond donors (Lipinski definition) is 1. The Morgan fingerprint density at radius 3 is 2.35 bits per heavy atom. The van der Waals surface area contributed by atoms with Gasteiger partial charge in [0.05, 0.1) is 18.9 Å². The van der Waals surface area contributed by atoms with Crippen LogP contribution in [0.4, 0.5) is 0 Å². The summed E-state index contributed by atoms with van der Waals surface area (Å²) >= 11 is 7.50. The Morgan fingerprint density at radius 1 is 1.12 bits per heavy atom. The van der Waals surface area contributed by atoms with Crippen LogP contribution in [0, 0.1) is 5.92 Å². The number of hydrogen-bond acceptors (Lipinski definition) is 3. The molecule has 0 aromatic heterocycles. The van der Waals surface area contributed by atoms with Gasteiger partial charge in [-0.2, -0.15) is 0 Å². The van der Waals surface area contributed by atoms with Crippen molar-refractivity contribution >= 4 is 29.3 Å². The molecule has 1 atom stereocenters. The van der Waals surface area contributed by atoms with Gasteiger partial charge in [-0.25, -0.2) is 0 Å². The topological polar surface area (TPSA) is 38.3 Å². The van der Waals surface area contributed by atoms with Gasteiger partial charge < -0.3 is 10.1 Å². The summed E-state index contributed by atoms with van der Waals surface area (Å²) in [6.07, 6.45) is 0.903. The van der Waals surface area contributed by atoms with Crippen molar-refractivity contribution in [3.05, 3.63) is 64.7 Å². The van der Waals surface area contributed by atoms with Gasteiger partial charge in [-0.3, -0.25) is 4.79 Å². The summed E-state index contributed by atoms with van der Waals surface area (Å²) in [5, 5.41) is 3.90. The van der Waals surface area contributed by atoms with Crippen molar-refractivity contribution in [2.45, 2.75) is 32.1 Å². The molecule has 1 N–H and O–H groups in total. The van der Waals surface area contributed by atoms with E-state index in [4.69, 9.17) is 16.3 Å². The molecule has 0 bridgehead atoms. The van der Waals surface area contributed by atoms with Crippen LogP contribution < -0.4 is 10.1 Å². The Morgan fingerprint density at radius 2 is 1.77 bits per heavy atom. The van der Waals surface area contributed by atoms with Gasteiger partial charge in [-0.1, -0.05) is 49.7 Å². The Kier molecular flexibility index (Phi) is 8.33. The number of halogens is 1. The molecule has 140 valence electrons. The van der Waals surface area contributed by atoms with E-state index in [0.717, 1.165) is 28.5 Å². The second-order valence-corrected chi connectivity index (χ2v) is 8.06. The predicted molar refractivity (Wildman–Crippen MR) is 111 cm³/mol. The SMILES string of the molecule is COc1ccc([C@@H](CC(C)C)NC(=O)CSCc2ccc(Cl)cc2)cc1. The highest BCUT2D eigenvalue weighted by molar-refractivity contribution is 7.99. The van der Waals surface area contributed by atoms with Crippen molar-refractivity contribution in [1.29, 1.82) is 0 Å². The minimum absolute atomic E-state index is 0.0181. The van der Waals surface area contributed by atoms with E-state index >= 15 is 0 Å². The van der Waals surface area contributed by atoms with Crippen LogP contribution in [-0.2, 0) is 10.5 Å². The Hall–Kier alpha value is -1.65. The highest BCUT2D eigenvalue weighted by Crippen LogP contribution is 2.24. The summed E-state index contributed by atoms with van der Waals surface area (Å²) in [7, 11) is 1.65. The number of nitrogens with one attached hydrogen (secondary N) is 1. The monoisotopic (exact) mass is 391 g/mol. The molecule has 0 saturated heterocycles. The highest BCUT2D eigenvalue weighted by Gasteiger charge is 2.16. The second-order valence-electron chi connectivity index (χ2n) is 6.64. The lowest BCUT2D eigenvalue weighted by Gasteiger charge is -2.21. The summed E-state index contributed by atoms with van der Waals surface area (Å²) < 4.78 is 5.21. The summed E-state index contributed by atoms with van der Waals surface area (Å²) in [6.45, 7) is 4.33. The van der Waals surface area contributed by atoms with Crippen molar-refractivity contribution in [2.24, 2.45) is 5.92 Å². The van der Waals surface area contributed by atoms with Crippen molar-refractivity contribution < 1.29 is 9.53 Å². The van der Waals surface area contributed by atoms with Gasteiger partial charge in [0.15, 0.2) is 0 Å². The fraction of sp³-hybridized carbons (Fsp3) is 0.381. The Balaban J connectivity index is 1.89. The summed E-state index contributed by atoms with van der Waals surface area (Å²) in [6, 6.07) is 15.7. The van der Waals surface area contributed by atoms with Crippen molar-refractivity contribution in [2.75, 3.05) is 12.9 Å². The van der Waals surface area contributed by atoms with Crippen LogP contribution in [0.3, 0.4) is 0 Å². The maximum atomic E-state index is 12.4. The lowest BCUT2D eigenvalue weighted by Crippen LogP contribution is -2.30. The van der Waals surface area contributed by atoms with E-state index in [2.05, 4.69) is 19.2 Å². The molecule has 2 aromatic carbocycles. The molecule has 0 aliphatic carbocycles. The number of rotatable bonds is 9. The number of carbonyl (C=O) groups excluding carboxylic acids is 1. The quantitative estimate of drug-likeness (QED) is 0.614. The van der Waals surface area contributed by atoms with Gasteiger partial charge in [0.1, 0.15) is 5.75 Å². The van der Waals surface area contributed by atoms with Crippen LogP contribution in [0.5, 0.6) is 5.75 Å². The van der Waals surface area contributed by atoms with Crippen molar-refractivity contribution in [1.82, 2.24) is 5.32 Å². The van der Waals surface area contributed by atoms with Gasteiger partial charge in [0, 0.05) is 10.8 Å². The van der Waals surface area contributed by atoms with Crippen LogP contribution in [0.1, 0.15) is 37.4 Å². The zero-order chi connectivity index (χ0) is 18.9. The van der Waals surface area contributed by atoms with Gasteiger partial charge in [-0.15, -0.1) is 11.8 Å². The molecule has 0 saturated carbocycles. The normalized spacial score (nSPS) is 12.0. The van der Waals surface area contributed by atoms with Crippen LogP contribution in [-0.4, -0.2) is 18.8 Å². The largest absolute Gasteiger partial charge is 0.497 e. The number of benzene rings is 2. The average molecular weight is 392 g/mol. The first-order valence-corrected chi connectivity index (χ1v) is 10.3. The molecule has 0 heterocycles. The number of thioether (sulfide) groups is 1. The van der Waals surface area contributed by atoms with Crippen molar-refractivity contribution in [3.63, 3.8) is 0 Å². The molecule has 0 aliphatic heterocycles. The average Bonchev–Trinajstić information content (AvgIpc) is 2.62. The van der Waals surface area contributed by atoms with E-state index in [1.54, 1.807) is 18.9 Å². The molecule has 2 aromatic rings. The van der Waals surface area contributed by atoms with Gasteiger partial charge in [-0.05, 0) is 47.7 Å². The summed E-state index contributed by atoms with van der Waals surface area (Å²) in [5.41, 5.74) is 2.27. The molecule has 1 amide bonds. The Labute approximate surface area is 165 Å². The fourth-order valence-electron chi connectivity index (χ4n) is 2.66. The molecule has 0 spiro atoms. The zero-order valence-electron chi connectivity index (χ0n) is 15.5. The van der Waals surface area contributed by atoms with E-state index in [1.807, 2.05) is 48.5 Å². The molecular weight excluding hydrogens is 366 g/mol. The minimum atomic E-state index is 0.0181. The van der Waals surface area contributed by atoms with Crippen LogP contribution in [0.2, 0.25) is 5.02 Å². The van der Waals surface area contributed by atoms with E-state index in [-0.39, 0.29) is 11.9 Å². The molecule has 0 unspecified atom stereocenters. The fourth-order valence-corrected chi connectivity index (χ4v) is 3.59. The standard InChI is InChI=1S/C21H26ClNO2S/c1-15(2)12-20(17-6-10-19(25-3)11-7-17)23-21(24)14-26-13-16-4-8-18(22)9-5-16/h4-11,15,20H,12-14H2,1-3H3,(H,23,24)/t20-/m1/s1. The van der Waals surface area contributed by atoms with Crippen LogP contribution in [0.25, 0.3) is 0 Å². The molecule has 3 nitrogen and oxygen atoms in total. The van der Waals surface area contributed by atoms with Gasteiger partial charge >= 0.3 is 0 Å². The summed E-state index contributed by atoms with van der Waals surface area (Å²) in [5.74, 6) is 2.60. The third-order valence-corrected chi connectivity index (χ3v) is 5.23. The maximum Gasteiger partial charge on any atom is 0.230 e. The minimum Gasteiger partial charge on any atom is -0.497 e. The Bertz CT molecular complexity index is 686. The lowest BCUT2D eigenvalue weighted by atomic mass is 9.97. The number of carbonyl (C=O) groups is 1. The number of methoxy groups -OCH3 is 1. The molecule has 26 heavy (non-hydrogen) atoms. The zero-order valence-corrected chi connectivity index (χ0v) is 17.1. The predicted octanol–water partition coefficient (Wildman–Crippen LogP) is 5.49. The van der Waals surface area contributed by atoms with Crippen LogP contribution in [0.15, 0.2) is 48.5 Å². The van der Waals surface area contributed by atoms with E-state index in [0.29, 0.717) is 11.7 Å². The second kappa shape index (κ2) is 10.5. The van der Waals surface area contributed by atoms with Gasteiger partial charge in [0.25, 0.3) is 0 Å². The number of ether oxygens (including phenoxy) is 1. The van der Waals surface area contributed by atoms with E-state index < -0.39 is 0 Å². The van der Waals surface area contributed by atoms with E-state index in [9.17, 15) is 4.79 Å². The molecule has 0 radical (unpaired) electrons. The smallest absolute Gasteiger partial charge is 0.230 e. The molecule has 2 rings (SSSR count). The van der Waals surface area contributed by atoms with Crippen molar-refractivity contribution in [3.8, 4) is 5.75 Å². The maximum absolute atomic E-state index is 12.4. The first kappa shape index (κ1) is 20.7. The third kappa shape index (κ3) is 6.93. The van der Waals surface area contributed by atoms with Gasteiger partial charge in [0.2, 0.25) is 5.91 Å². The first-order valence-electron chi connectivity index (χ1n) is 8.73. The van der Waals surface area contributed by atoms with Crippen LogP contribution >= 0.6 is 23.4 Å². The first-order chi connectivity index (χ1) is 12.5. The molecular formula is C21H26ClNO2S. The lowest BCUT2D eigenvalue weighted by molar-refractivity contribution is -0.119. The highest BCUT2D eigenvalue weighted by atomic mass is 35.5. The molecule has 0 fully saturated rings. The molecule has 5 heteroatoms. The molecule has 0 aliphatic rings. The number of amides is 1. The van der Waals surface area contributed by atoms with E-state index in [1.165, 1.54) is 5.56 Å². The summed E-state index contributed by atoms with van der Waals surface area (Å²) in [4.78, 5) is 12.4. The third-order valence-electron chi connectivity index (χ3n) is 3.98.